The van der Waals surface area contributed by atoms with Crippen molar-refractivity contribution < 1.29 is 4.92 Å². The molecular formula is C11H12N4O2. The minimum Gasteiger partial charge on any atom is -0.333 e. The highest BCUT2D eigenvalue weighted by Gasteiger charge is 2.13. The van der Waals surface area contributed by atoms with Crippen LogP contribution in [0.2, 0.25) is 0 Å². The lowest BCUT2D eigenvalue weighted by molar-refractivity contribution is -0.383. The van der Waals surface area contributed by atoms with Gasteiger partial charge in [0.15, 0.2) is 5.82 Å². The number of aromatic nitrogens is 2. The minimum atomic E-state index is -0.419. The Balaban J connectivity index is 2.33. The van der Waals surface area contributed by atoms with E-state index in [1.54, 1.807) is 22.9 Å². The van der Waals surface area contributed by atoms with Gasteiger partial charge in [0.25, 0.3) is 5.69 Å². The number of para-hydroxylation sites is 2. The van der Waals surface area contributed by atoms with Crippen LogP contribution in [0.3, 0.4) is 0 Å². The van der Waals surface area contributed by atoms with Gasteiger partial charge >= 0.3 is 0 Å². The first kappa shape index (κ1) is 11.1. The molecule has 6 nitrogen and oxygen atoms in total. The third-order valence-electron chi connectivity index (χ3n) is 2.48. The van der Waals surface area contributed by atoms with Gasteiger partial charge in [-0.1, -0.05) is 12.1 Å². The lowest BCUT2D eigenvalue weighted by atomic mass is 10.2. The van der Waals surface area contributed by atoms with E-state index in [1.165, 1.54) is 6.07 Å². The molecule has 88 valence electrons. The molecule has 2 rings (SSSR count). The summed E-state index contributed by atoms with van der Waals surface area (Å²) in [6.45, 7) is 1.91. The summed E-state index contributed by atoms with van der Waals surface area (Å²) in [5, 5.41) is 18.0. The van der Waals surface area contributed by atoms with Crippen LogP contribution in [0.4, 0.5) is 17.2 Å². The molecular weight excluding hydrogens is 220 g/mol. The van der Waals surface area contributed by atoms with E-state index in [-0.39, 0.29) is 5.69 Å². The average Bonchev–Trinajstić information content (AvgIpc) is 2.58. The van der Waals surface area contributed by atoms with Crippen molar-refractivity contribution in [2.75, 3.05) is 5.32 Å². The number of nitro groups is 1. The van der Waals surface area contributed by atoms with Crippen LogP contribution in [-0.2, 0) is 7.05 Å². The van der Waals surface area contributed by atoms with E-state index in [9.17, 15) is 10.1 Å². The number of nitrogens with one attached hydrogen (secondary N) is 1. The first-order valence-corrected chi connectivity index (χ1v) is 5.09. The van der Waals surface area contributed by atoms with Crippen LogP contribution in [0.1, 0.15) is 5.69 Å². The maximum absolute atomic E-state index is 10.8. The molecule has 0 atom stereocenters. The number of benzene rings is 1. The maximum Gasteiger partial charge on any atom is 0.292 e. The third kappa shape index (κ3) is 2.25. The van der Waals surface area contributed by atoms with Gasteiger partial charge in [-0.05, 0) is 13.0 Å². The lowest BCUT2D eigenvalue weighted by Crippen LogP contribution is -1.98. The van der Waals surface area contributed by atoms with E-state index in [0.717, 1.165) is 5.69 Å². The summed E-state index contributed by atoms with van der Waals surface area (Å²) in [6, 6.07) is 8.31. The van der Waals surface area contributed by atoms with Crippen LogP contribution >= 0.6 is 0 Å². The molecule has 0 radical (unpaired) electrons. The van der Waals surface area contributed by atoms with E-state index >= 15 is 0 Å². The van der Waals surface area contributed by atoms with Gasteiger partial charge in [-0.2, -0.15) is 5.10 Å². The molecule has 0 saturated heterocycles. The maximum atomic E-state index is 10.8. The molecule has 0 amide bonds. The van der Waals surface area contributed by atoms with Gasteiger partial charge in [0.05, 0.1) is 4.92 Å². The number of anilines is 2. The van der Waals surface area contributed by atoms with Gasteiger partial charge in [0.2, 0.25) is 0 Å². The highest BCUT2D eigenvalue weighted by atomic mass is 16.6. The number of nitro benzene ring substituents is 1. The standard InChI is InChI=1S/C11H12N4O2/c1-8-7-11(13-14(8)2)12-9-5-3-4-6-10(9)15(16)17/h3-7H,1-2H3,(H,12,13). The predicted molar refractivity (Wildman–Crippen MR) is 64.3 cm³/mol. The van der Waals surface area contributed by atoms with E-state index in [2.05, 4.69) is 10.4 Å². The normalized spacial score (nSPS) is 10.2. The summed E-state index contributed by atoms with van der Waals surface area (Å²) in [5.41, 5.74) is 1.46. The molecule has 1 aromatic heterocycles. The van der Waals surface area contributed by atoms with Crippen LogP contribution in [0.15, 0.2) is 30.3 Å². The number of hydrogen-bond acceptors (Lipinski definition) is 4. The molecule has 0 bridgehead atoms. The van der Waals surface area contributed by atoms with Crippen molar-refractivity contribution in [1.82, 2.24) is 9.78 Å². The molecule has 0 spiro atoms. The largest absolute Gasteiger partial charge is 0.333 e. The molecule has 0 aliphatic carbocycles. The zero-order valence-electron chi connectivity index (χ0n) is 9.54. The fourth-order valence-corrected chi connectivity index (χ4v) is 1.50. The molecule has 17 heavy (non-hydrogen) atoms. The smallest absolute Gasteiger partial charge is 0.292 e. The highest BCUT2D eigenvalue weighted by Crippen LogP contribution is 2.26. The van der Waals surface area contributed by atoms with Gasteiger partial charge in [-0.25, -0.2) is 0 Å². The molecule has 6 heteroatoms. The second-order valence-corrected chi connectivity index (χ2v) is 3.69. The first-order chi connectivity index (χ1) is 8.08. The quantitative estimate of drug-likeness (QED) is 0.651. The molecule has 0 saturated carbocycles. The van der Waals surface area contributed by atoms with Crippen LogP contribution < -0.4 is 5.32 Å². The molecule has 1 N–H and O–H groups in total. The average molecular weight is 232 g/mol. The molecule has 2 aromatic rings. The topological polar surface area (TPSA) is 73.0 Å². The van der Waals surface area contributed by atoms with Crippen molar-refractivity contribution in [2.45, 2.75) is 6.92 Å². The highest BCUT2D eigenvalue weighted by molar-refractivity contribution is 5.67. The summed E-state index contributed by atoms with van der Waals surface area (Å²) >= 11 is 0. The monoisotopic (exact) mass is 232 g/mol. The number of rotatable bonds is 3. The number of aryl methyl sites for hydroxylation is 2. The minimum absolute atomic E-state index is 0.0378. The molecule has 0 fully saturated rings. The first-order valence-electron chi connectivity index (χ1n) is 5.09. The summed E-state index contributed by atoms with van der Waals surface area (Å²) in [5.74, 6) is 0.597. The summed E-state index contributed by atoms with van der Waals surface area (Å²) in [7, 11) is 1.82. The SMILES string of the molecule is Cc1cc(Nc2ccccc2[N+](=O)[O-])nn1C. The zero-order valence-corrected chi connectivity index (χ0v) is 9.54. The van der Waals surface area contributed by atoms with Crippen molar-refractivity contribution in [3.05, 3.63) is 46.1 Å². The Labute approximate surface area is 98.0 Å². The van der Waals surface area contributed by atoms with Crippen molar-refractivity contribution in [2.24, 2.45) is 7.05 Å². The third-order valence-corrected chi connectivity index (χ3v) is 2.48. The molecule has 0 unspecified atom stereocenters. The van der Waals surface area contributed by atoms with Gasteiger partial charge < -0.3 is 5.32 Å². The van der Waals surface area contributed by atoms with E-state index in [4.69, 9.17) is 0 Å². The fourth-order valence-electron chi connectivity index (χ4n) is 1.50. The van der Waals surface area contributed by atoms with Crippen molar-refractivity contribution in [3.8, 4) is 0 Å². The summed E-state index contributed by atoms with van der Waals surface area (Å²) in [4.78, 5) is 10.4. The second-order valence-electron chi connectivity index (χ2n) is 3.69. The molecule has 0 aliphatic rings. The molecule has 1 heterocycles. The van der Waals surface area contributed by atoms with Gasteiger partial charge in [0.1, 0.15) is 5.69 Å². The fraction of sp³-hybridized carbons (Fsp3) is 0.182. The van der Waals surface area contributed by atoms with Crippen LogP contribution in [0.25, 0.3) is 0 Å². The molecule has 0 aliphatic heterocycles. The zero-order chi connectivity index (χ0) is 12.4. The molecule has 1 aromatic carbocycles. The Hall–Kier alpha value is -2.37. The second kappa shape index (κ2) is 4.25. The van der Waals surface area contributed by atoms with Crippen molar-refractivity contribution in [3.63, 3.8) is 0 Å². The Kier molecular flexibility index (Phi) is 2.78. The lowest BCUT2D eigenvalue weighted by Gasteiger charge is -2.02. The van der Waals surface area contributed by atoms with Crippen molar-refractivity contribution in [1.29, 1.82) is 0 Å². The van der Waals surface area contributed by atoms with Crippen LogP contribution in [0.5, 0.6) is 0 Å². The van der Waals surface area contributed by atoms with Gasteiger partial charge in [-0.15, -0.1) is 0 Å². The number of hydrogen-bond donors (Lipinski definition) is 1. The Bertz CT molecular complexity index is 543. The van der Waals surface area contributed by atoms with Crippen LogP contribution in [-0.4, -0.2) is 14.7 Å². The summed E-state index contributed by atoms with van der Waals surface area (Å²) < 4.78 is 1.71. The van der Waals surface area contributed by atoms with E-state index < -0.39 is 4.92 Å². The number of nitrogens with zero attached hydrogens (tertiary/aromatic N) is 3. The Morgan fingerprint density at radius 3 is 2.71 bits per heavy atom. The summed E-state index contributed by atoms with van der Waals surface area (Å²) in [6.07, 6.45) is 0. The van der Waals surface area contributed by atoms with E-state index in [1.807, 2.05) is 20.0 Å². The van der Waals surface area contributed by atoms with Gasteiger partial charge in [0, 0.05) is 24.9 Å². The van der Waals surface area contributed by atoms with Crippen LogP contribution in [0, 0.1) is 17.0 Å². The predicted octanol–water partition coefficient (Wildman–Crippen LogP) is 2.38. The van der Waals surface area contributed by atoms with Gasteiger partial charge in [-0.3, -0.25) is 14.8 Å². The Morgan fingerprint density at radius 2 is 2.12 bits per heavy atom. The Morgan fingerprint density at radius 1 is 1.41 bits per heavy atom. The van der Waals surface area contributed by atoms with Crippen molar-refractivity contribution >= 4 is 17.2 Å². The van der Waals surface area contributed by atoms with E-state index in [0.29, 0.717) is 11.5 Å².